The zero-order valence-corrected chi connectivity index (χ0v) is 22.8. The minimum atomic E-state index is -4.93. The molecular formula is C25H26Cl2F3N7O2. The summed E-state index contributed by atoms with van der Waals surface area (Å²) in [5, 5.41) is 22.5. The number of nitrogens with zero attached hydrogens (tertiary/aromatic N) is 6. The second-order valence-electron chi connectivity index (χ2n) is 10.1. The molecule has 39 heavy (non-hydrogen) atoms. The van der Waals surface area contributed by atoms with Crippen molar-refractivity contribution in [2.45, 2.75) is 46.1 Å². The Balaban J connectivity index is 1.76. The van der Waals surface area contributed by atoms with Gasteiger partial charge in [-0.1, -0.05) is 56.1 Å². The average molecular weight is 584 g/mol. The van der Waals surface area contributed by atoms with Gasteiger partial charge < -0.3 is 10.4 Å². The van der Waals surface area contributed by atoms with E-state index in [1.54, 1.807) is 24.3 Å². The molecule has 4 aromatic rings. The van der Waals surface area contributed by atoms with E-state index < -0.39 is 24.5 Å². The molecule has 0 saturated carbocycles. The van der Waals surface area contributed by atoms with Gasteiger partial charge in [-0.15, -0.1) is 10.2 Å². The predicted molar refractivity (Wildman–Crippen MR) is 142 cm³/mol. The van der Waals surface area contributed by atoms with Gasteiger partial charge in [0.25, 0.3) is 0 Å². The number of aliphatic hydroxyl groups is 1. The number of hydrogen-bond acceptors (Lipinski definition) is 6. The lowest BCUT2D eigenvalue weighted by atomic mass is 9.97. The minimum Gasteiger partial charge on any atom is -0.382 e. The molecule has 2 aromatic carbocycles. The lowest BCUT2D eigenvalue weighted by Gasteiger charge is -2.19. The summed E-state index contributed by atoms with van der Waals surface area (Å²) in [5.41, 5.74) is -0.0875. The van der Waals surface area contributed by atoms with Gasteiger partial charge in [-0.25, -0.2) is 9.48 Å². The highest BCUT2D eigenvalue weighted by Gasteiger charge is 2.39. The van der Waals surface area contributed by atoms with Gasteiger partial charge in [0.05, 0.1) is 17.3 Å². The Kier molecular flexibility index (Phi) is 8.10. The minimum absolute atomic E-state index is 0.0726. The Labute approximate surface area is 231 Å². The van der Waals surface area contributed by atoms with E-state index in [1.165, 1.54) is 28.9 Å². The van der Waals surface area contributed by atoms with E-state index in [2.05, 4.69) is 20.5 Å². The number of anilines is 1. The van der Waals surface area contributed by atoms with Crippen LogP contribution in [0.15, 0.2) is 53.3 Å². The standard InChI is InChI=1S/C25H26Cl2F3N7O2/c1-24(2,3)14-31-22-32-20(33-37(22)18-7-5-4-6-17(18)27)13-36-23(39)35(12-19(38)25(28,29)30)21(34-36)15-8-10-16(26)11-9-15/h4-11,19,38H,12-14H2,1-3H3,(H,31,32,33). The Hall–Kier alpha value is -3.35. The molecule has 0 saturated heterocycles. The van der Waals surface area contributed by atoms with Gasteiger partial charge in [0.15, 0.2) is 17.8 Å². The zero-order chi connectivity index (χ0) is 28.5. The fourth-order valence-electron chi connectivity index (χ4n) is 3.60. The first kappa shape index (κ1) is 28.7. The zero-order valence-electron chi connectivity index (χ0n) is 21.2. The van der Waals surface area contributed by atoms with Crippen molar-refractivity contribution < 1.29 is 18.3 Å². The van der Waals surface area contributed by atoms with Crippen molar-refractivity contribution in [3.05, 3.63) is 74.9 Å². The summed E-state index contributed by atoms with van der Waals surface area (Å²) in [7, 11) is 0. The van der Waals surface area contributed by atoms with Crippen LogP contribution in [0.2, 0.25) is 10.0 Å². The molecule has 14 heteroatoms. The lowest BCUT2D eigenvalue weighted by Crippen LogP contribution is -2.37. The van der Waals surface area contributed by atoms with Crippen LogP contribution in [-0.2, 0) is 13.1 Å². The molecule has 2 heterocycles. The van der Waals surface area contributed by atoms with Crippen molar-refractivity contribution in [2.24, 2.45) is 5.41 Å². The van der Waals surface area contributed by atoms with Gasteiger partial charge >= 0.3 is 11.9 Å². The molecule has 0 aliphatic heterocycles. The Morgan fingerprint density at radius 3 is 2.31 bits per heavy atom. The maximum Gasteiger partial charge on any atom is 0.416 e. The highest BCUT2D eigenvalue weighted by Crippen LogP contribution is 2.26. The smallest absolute Gasteiger partial charge is 0.382 e. The van der Waals surface area contributed by atoms with E-state index >= 15 is 0 Å². The monoisotopic (exact) mass is 583 g/mol. The number of halogens is 5. The van der Waals surface area contributed by atoms with Crippen molar-refractivity contribution in [1.29, 1.82) is 0 Å². The molecule has 1 unspecified atom stereocenters. The second kappa shape index (κ2) is 11.0. The SMILES string of the molecule is CC(C)(C)CNc1nc(Cn2nc(-c3ccc(Cl)cc3)n(CC(O)C(F)(F)F)c2=O)nn1-c1ccccc1Cl. The molecule has 0 bridgehead atoms. The highest BCUT2D eigenvalue weighted by molar-refractivity contribution is 6.32. The molecule has 0 aliphatic rings. The molecule has 0 radical (unpaired) electrons. The van der Waals surface area contributed by atoms with Gasteiger partial charge in [-0.05, 0) is 41.8 Å². The fraction of sp³-hybridized carbons (Fsp3) is 0.360. The molecule has 4 rings (SSSR count). The Bertz CT molecular complexity index is 1510. The van der Waals surface area contributed by atoms with Crippen LogP contribution in [0.5, 0.6) is 0 Å². The summed E-state index contributed by atoms with van der Waals surface area (Å²) in [5.74, 6) is 0.458. The van der Waals surface area contributed by atoms with Gasteiger partial charge in [-0.3, -0.25) is 4.57 Å². The number of aromatic nitrogens is 6. The van der Waals surface area contributed by atoms with Crippen molar-refractivity contribution in [3.8, 4) is 17.1 Å². The third-order valence-corrected chi connectivity index (χ3v) is 6.13. The third kappa shape index (κ3) is 6.81. The fourth-order valence-corrected chi connectivity index (χ4v) is 3.95. The molecular weight excluding hydrogens is 558 g/mol. The number of rotatable bonds is 8. The number of alkyl halides is 3. The van der Waals surface area contributed by atoms with Crippen molar-refractivity contribution in [3.63, 3.8) is 0 Å². The summed E-state index contributed by atoms with van der Waals surface area (Å²) in [6.45, 7) is 5.36. The summed E-state index contributed by atoms with van der Waals surface area (Å²) < 4.78 is 42.7. The Morgan fingerprint density at radius 1 is 1.03 bits per heavy atom. The molecule has 208 valence electrons. The summed E-state index contributed by atoms with van der Waals surface area (Å²) in [6, 6.07) is 13.1. The largest absolute Gasteiger partial charge is 0.416 e. The molecule has 2 N–H and O–H groups in total. The highest BCUT2D eigenvalue weighted by atomic mass is 35.5. The van der Waals surface area contributed by atoms with Crippen LogP contribution in [0.1, 0.15) is 26.6 Å². The predicted octanol–water partition coefficient (Wildman–Crippen LogP) is 5.03. The molecule has 1 atom stereocenters. The molecule has 9 nitrogen and oxygen atoms in total. The molecule has 0 aliphatic carbocycles. The van der Waals surface area contributed by atoms with Gasteiger partial charge in [0.2, 0.25) is 5.95 Å². The van der Waals surface area contributed by atoms with Crippen LogP contribution in [0, 0.1) is 5.41 Å². The van der Waals surface area contributed by atoms with Crippen LogP contribution in [0.25, 0.3) is 17.1 Å². The summed E-state index contributed by atoms with van der Waals surface area (Å²) in [4.78, 5) is 17.7. The number of hydrogen-bond donors (Lipinski definition) is 2. The van der Waals surface area contributed by atoms with Gasteiger partial charge in [-0.2, -0.15) is 22.8 Å². The first-order valence-corrected chi connectivity index (χ1v) is 12.6. The molecule has 2 aromatic heterocycles. The van der Waals surface area contributed by atoms with Gasteiger partial charge in [0, 0.05) is 17.1 Å². The number of aliphatic hydroxyl groups excluding tert-OH is 1. The number of benzene rings is 2. The van der Waals surface area contributed by atoms with Crippen LogP contribution in [0.3, 0.4) is 0 Å². The summed E-state index contributed by atoms with van der Waals surface area (Å²) >= 11 is 12.3. The van der Waals surface area contributed by atoms with Crippen LogP contribution < -0.4 is 11.0 Å². The maximum atomic E-state index is 13.2. The number of nitrogens with one attached hydrogen (secondary N) is 1. The van der Waals surface area contributed by atoms with E-state index in [4.69, 9.17) is 23.2 Å². The normalized spacial score (nSPS) is 13.1. The summed E-state index contributed by atoms with van der Waals surface area (Å²) in [6.07, 6.45) is -7.70. The van der Waals surface area contributed by atoms with E-state index in [1.807, 2.05) is 20.8 Å². The average Bonchev–Trinajstić information content (AvgIpc) is 3.39. The van der Waals surface area contributed by atoms with E-state index in [9.17, 15) is 23.1 Å². The Morgan fingerprint density at radius 2 is 1.69 bits per heavy atom. The van der Waals surface area contributed by atoms with Crippen LogP contribution >= 0.6 is 23.2 Å². The van der Waals surface area contributed by atoms with E-state index in [0.29, 0.717) is 33.8 Å². The first-order valence-electron chi connectivity index (χ1n) is 11.9. The number of para-hydroxylation sites is 1. The van der Waals surface area contributed by atoms with Gasteiger partial charge in [0.1, 0.15) is 6.54 Å². The quantitative estimate of drug-likeness (QED) is 0.301. The molecule has 0 spiro atoms. The van der Waals surface area contributed by atoms with E-state index in [-0.39, 0.29) is 23.6 Å². The molecule has 0 amide bonds. The first-order chi connectivity index (χ1) is 18.2. The van der Waals surface area contributed by atoms with Crippen LogP contribution in [-0.4, -0.2) is 53.0 Å². The van der Waals surface area contributed by atoms with Crippen molar-refractivity contribution in [2.75, 3.05) is 11.9 Å². The van der Waals surface area contributed by atoms with Crippen molar-refractivity contribution >= 4 is 29.2 Å². The van der Waals surface area contributed by atoms with Crippen molar-refractivity contribution in [1.82, 2.24) is 29.1 Å². The molecule has 0 fully saturated rings. The topological polar surface area (TPSA) is 103 Å². The lowest BCUT2D eigenvalue weighted by molar-refractivity contribution is -0.207. The van der Waals surface area contributed by atoms with E-state index in [0.717, 1.165) is 9.25 Å². The van der Waals surface area contributed by atoms with Crippen LogP contribution in [0.4, 0.5) is 19.1 Å². The maximum absolute atomic E-state index is 13.2. The second-order valence-corrected chi connectivity index (χ2v) is 10.9. The third-order valence-electron chi connectivity index (χ3n) is 5.56.